The second kappa shape index (κ2) is 5.99. The Morgan fingerprint density at radius 1 is 1.33 bits per heavy atom. The van der Waals surface area contributed by atoms with E-state index in [-0.39, 0.29) is 6.04 Å². The van der Waals surface area contributed by atoms with Gasteiger partial charge in [-0.3, -0.25) is 0 Å². The second-order valence-corrected chi connectivity index (χ2v) is 4.10. The monoisotopic (exact) mass is 240 g/mol. The number of benzene rings is 1. The lowest BCUT2D eigenvalue weighted by atomic mass is 10.1. The van der Waals surface area contributed by atoms with Crippen molar-refractivity contribution in [2.24, 2.45) is 5.73 Å². The van der Waals surface area contributed by atoms with Crippen LogP contribution in [0.4, 0.5) is 0 Å². The van der Waals surface area contributed by atoms with Gasteiger partial charge in [0.15, 0.2) is 0 Å². The zero-order valence-corrected chi connectivity index (χ0v) is 10.2. The molecular weight excluding hydrogens is 224 g/mol. The van der Waals surface area contributed by atoms with Gasteiger partial charge in [-0.15, -0.1) is 12.3 Å². The summed E-state index contributed by atoms with van der Waals surface area (Å²) in [6.07, 6.45) is 9.42. The highest BCUT2D eigenvalue weighted by molar-refractivity contribution is 5.28. The van der Waals surface area contributed by atoms with Gasteiger partial charge in [0.1, 0.15) is 0 Å². The average molecular weight is 240 g/mol. The minimum absolute atomic E-state index is 0.101. The largest absolute Gasteiger partial charge is 0.323 e. The molecule has 0 saturated heterocycles. The molecule has 1 heterocycles. The first-order valence-corrected chi connectivity index (χ1v) is 5.98. The van der Waals surface area contributed by atoms with Crippen LogP contribution in [0.3, 0.4) is 0 Å². The first-order chi connectivity index (χ1) is 8.81. The molecule has 4 nitrogen and oxygen atoms in total. The van der Waals surface area contributed by atoms with Crippen LogP contribution in [0, 0.1) is 12.3 Å². The Labute approximate surface area is 107 Å². The molecule has 2 rings (SSSR count). The van der Waals surface area contributed by atoms with Gasteiger partial charge < -0.3 is 5.73 Å². The number of hydrogen-bond acceptors (Lipinski definition) is 3. The van der Waals surface area contributed by atoms with Crippen LogP contribution in [0.15, 0.2) is 36.5 Å². The molecule has 0 radical (unpaired) electrons. The molecule has 2 N–H and O–H groups in total. The summed E-state index contributed by atoms with van der Waals surface area (Å²) in [5.74, 6) is 2.61. The van der Waals surface area contributed by atoms with E-state index in [0.717, 1.165) is 30.6 Å². The number of hydrogen-bond donors (Lipinski definition) is 1. The molecule has 92 valence electrons. The minimum Gasteiger partial charge on any atom is -0.323 e. The maximum Gasteiger partial charge on any atom is 0.0998 e. The Kier molecular flexibility index (Phi) is 4.11. The van der Waals surface area contributed by atoms with E-state index in [1.165, 1.54) is 0 Å². The number of aromatic nitrogens is 3. The fourth-order valence-electron chi connectivity index (χ4n) is 1.70. The summed E-state index contributed by atoms with van der Waals surface area (Å²) in [4.78, 5) is 1.59. The Balaban J connectivity index is 2.04. The van der Waals surface area contributed by atoms with Crippen LogP contribution in [0.25, 0.3) is 5.69 Å². The van der Waals surface area contributed by atoms with Crippen molar-refractivity contribution in [1.29, 1.82) is 0 Å². The SMILES string of the molecule is C#CCCCC(N)c1cnn(-c2ccccc2)n1. The third-order valence-corrected chi connectivity index (χ3v) is 2.71. The predicted molar refractivity (Wildman–Crippen MR) is 71.0 cm³/mol. The Morgan fingerprint density at radius 2 is 2.11 bits per heavy atom. The molecular formula is C14H16N4. The van der Waals surface area contributed by atoms with Crippen LogP contribution in [-0.4, -0.2) is 15.0 Å². The molecule has 0 aliphatic rings. The van der Waals surface area contributed by atoms with E-state index in [4.69, 9.17) is 12.2 Å². The number of rotatable bonds is 5. The van der Waals surface area contributed by atoms with Gasteiger partial charge in [-0.25, -0.2) is 0 Å². The van der Waals surface area contributed by atoms with Crippen molar-refractivity contribution < 1.29 is 0 Å². The molecule has 1 aromatic carbocycles. The molecule has 2 aromatic rings. The first-order valence-electron chi connectivity index (χ1n) is 5.98. The van der Waals surface area contributed by atoms with Gasteiger partial charge in [-0.2, -0.15) is 15.0 Å². The molecule has 4 heteroatoms. The molecule has 1 unspecified atom stereocenters. The standard InChI is InChI=1S/C14H16N4/c1-2-3-5-10-13(15)14-11-16-18(17-14)12-8-6-4-7-9-12/h1,4,6-9,11,13H,3,5,10,15H2. The molecule has 0 bridgehead atoms. The number of terminal acetylenes is 1. The fraction of sp³-hybridized carbons (Fsp3) is 0.286. The zero-order chi connectivity index (χ0) is 12.8. The summed E-state index contributed by atoms with van der Waals surface area (Å²) in [7, 11) is 0. The molecule has 0 spiro atoms. The highest BCUT2D eigenvalue weighted by Crippen LogP contribution is 2.14. The van der Waals surface area contributed by atoms with Crippen molar-refractivity contribution >= 4 is 0 Å². The summed E-state index contributed by atoms with van der Waals surface area (Å²) in [5.41, 5.74) is 7.77. The Morgan fingerprint density at radius 3 is 2.83 bits per heavy atom. The molecule has 0 saturated carbocycles. The van der Waals surface area contributed by atoms with Crippen molar-refractivity contribution in [2.75, 3.05) is 0 Å². The minimum atomic E-state index is -0.101. The molecule has 0 fully saturated rings. The van der Waals surface area contributed by atoms with Crippen molar-refractivity contribution in [3.05, 3.63) is 42.2 Å². The van der Waals surface area contributed by atoms with Gasteiger partial charge in [-0.1, -0.05) is 18.2 Å². The highest BCUT2D eigenvalue weighted by Gasteiger charge is 2.10. The van der Waals surface area contributed by atoms with Crippen LogP contribution in [0.1, 0.15) is 31.0 Å². The smallest absolute Gasteiger partial charge is 0.0998 e. The van der Waals surface area contributed by atoms with Gasteiger partial charge in [0.2, 0.25) is 0 Å². The lowest BCUT2D eigenvalue weighted by Gasteiger charge is -2.06. The third kappa shape index (κ3) is 2.96. The summed E-state index contributed by atoms with van der Waals surface area (Å²) < 4.78 is 0. The van der Waals surface area contributed by atoms with Gasteiger partial charge in [0.05, 0.1) is 23.6 Å². The maximum atomic E-state index is 6.04. The van der Waals surface area contributed by atoms with E-state index in [2.05, 4.69) is 16.1 Å². The molecule has 18 heavy (non-hydrogen) atoms. The summed E-state index contributed by atoms with van der Waals surface area (Å²) in [6.45, 7) is 0. The number of unbranched alkanes of at least 4 members (excludes halogenated alkanes) is 1. The van der Waals surface area contributed by atoms with E-state index in [1.807, 2.05) is 30.3 Å². The first kappa shape index (κ1) is 12.3. The van der Waals surface area contributed by atoms with Crippen molar-refractivity contribution in [3.63, 3.8) is 0 Å². The second-order valence-electron chi connectivity index (χ2n) is 4.10. The fourth-order valence-corrected chi connectivity index (χ4v) is 1.70. The van der Waals surface area contributed by atoms with Crippen LogP contribution < -0.4 is 5.73 Å². The topological polar surface area (TPSA) is 56.7 Å². The van der Waals surface area contributed by atoms with Crippen LogP contribution >= 0.6 is 0 Å². The average Bonchev–Trinajstić information content (AvgIpc) is 2.89. The van der Waals surface area contributed by atoms with E-state index < -0.39 is 0 Å². The normalized spacial score (nSPS) is 12.0. The molecule has 0 aliphatic heterocycles. The summed E-state index contributed by atoms with van der Waals surface area (Å²) >= 11 is 0. The third-order valence-electron chi connectivity index (χ3n) is 2.71. The van der Waals surface area contributed by atoms with Crippen LogP contribution in [0.5, 0.6) is 0 Å². The molecule has 1 atom stereocenters. The quantitative estimate of drug-likeness (QED) is 0.643. The maximum absolute atomic E-state index is 6.04. The number of nitrogens with two attached hydrogens (primary N) is 1. The van der Waals surface area contributed by atoms with E-state index >= 15 is 0 Å². The van der Waals surface area contributed by atoms with Crippen LogP contribution in [0.2, 0.25) is 0 Å². The Bertz CT molecular complexity index is 524. The van der Waals surface area contributed by atoms with Crippen molar-refractivity contribution in [3.8, 4) is 18.0 Å². The van der Waals surface area contributed by atoms with Gasteiger partial charge in [-0.05, 0) is 25.0 Å². The van der Waals surface area contributed by atoms with Gasteiger partial charge in [0, 0.05) is 6.42 Å². The molecule has 1 aromatic heterocycles. The lowest BCUT2D eigenvalue weighted by Crippen LogP contribution is -2.11. The van der Waals surface area contributed by atoms with Crippen LogP contribution in [-0.2, 0) is 0 Å². The lowest BCUT2D eigenvalue weighted by molar-refractivity contribution is 0.596. The van der Waals surface area contributed by atoms with Gasteiger partial charge in [0.25, 0.3) is 0 Å². The summed E-state index contributed by atoms with van der Waals surface area (Å²) in [5, 5.41) is 8.61. The van der Waals surface area contributed by atoms with E-state index in [9.17, 15) is 0 Å². The van der Waals surface area contributed by atoms with Gasteiger partial charge >= 0.3 is 0 Å². The van der Waals surface area contributed by atoms with E-state index in [1.54, 1.807) is 11.0 Å². The number of para-hydroxylation sites is 1. The Hall–Kier alpha value is -2.12. The molecule has 0 aliphatic carbocycles. The summed E-state index contributed by atoms with van der Waals surface area (Å²) in [6, 6.07) is 9.66. The predicted octanol–water partition coefficient (Wildman–Crippen LogP) is 2.07. The van der Waals surface area contributed by atoms with E-state index in [0.29, 0.717) is 0 Å². The number of nitrogens with zero attached hydrogens (tertiary/aromatic N) is 3. The highest BCUT2D eigenvalue weighted by atomic mass is 15.5. The van der Waals surface area contributed by atoms with Crippen molar-refractivity contribution in [2.45, 2.75) is 25.3 Å². The molecule has 0 amide bonds. The zero-order valence-electron chi connectivity index (χ0n) is 10.2. The van der Waals surface area contributed by atoms with Crippen molar-refractivity contribution in [1.82, 2.24) is 15.0 Å².